The van der Waals surface area contributed by atoms with Crippen LogP contribution in [0.25, 0.3) is 22.0 Å². The second-order valence-corrected chi connectivity index (χ2v) is 10.3. The Balaban J connectivity index is 1.39. The lowest BCUT2D eigenvalue weighted by molar-refractivity contribution is 0.0383. The minimum Gasteiger partial charge on any atom is -0.379 e. The first-order valence-corrected chi connectivity index (χ1v) is 13.7. The molecule has 0 bridgehead atoms. The Morgan fingerprint density at radius 3 is 2.80 bits per heavy atom. The summed E-state index contributed by atoms with van der Waals surface area (Å²) in [5, 5.41) is 6.27. The molecule has 0 radical (unpaired) electrons. The number of pyridine rings is 1. The Kier molecular flexibility index (Phi) is 7.60. The first-order chi connectivity index (χ1) is 17.1. The number of nitrogens with zero attached hydrogens (tertiary/aromatic N) is 4. The summed E-state index contributed by atoms with van der Waals surface area (Å²) >= 11 is 1.65. The number of hydrogen-bond donors (Lipinski definition) is 1. The Bertz CT molecular complexity index is 1160. The number of morpholine rings is 1. The summed E-state index contributed by atoms with van der Waals surface area (Å²) in [6.45, 7) is 9.11. The Morgan fingerprint density at radius 2 is 2.03 bits per heavy atom. The van der Waals surface area contributed by atoms with E-state index in [2.05, 4.69) is 51.1 Å². The van der Waals surface area contributed by atoms with Gasteiger partial charge in [-0.3, -0.25) is 14.7 Å². The Labute approximate surface area is 211 Å². The molecule has 3 aromatic heterocycles. The molecule has 1 saturated heterocycles. The van der Waals surface area contributed by atoms with Gasteiger partial charge in [0.15, 0.2) is 0 Å². The van der Waals surface area contributed by atoms with Crippen LogP contribution in [0, 0.1) is 6.92 Å². The highest BCUT2D eigenvalue weighted by Gasteiger charge is 2.27. The van der Waals surface area contributed by atoms with Crippen LogP contribution in [-0.4, -0.2) is 64.7 Å². The summed E-state index contributed by atoms with van der Waals surface area (Å²) in [6, 6.07) is 6.63. The van der Waals surface area contributed by atoms with Crippen molar-refractivity contribution in [2.45, 2.75) is 52.0 Å². The quantitative estimate of drug-likeness (QED) is 0.492. The van der Waals surface area contributed by atoms with Gasteiger partial charge in [-0.15, -0.1) is 11.3 Å². The van der Waals surface area contributed by atoms with Gasteiger partial charge in [0, 0.05) is 60.7 Å². The molecule has 3 aromatic rings. The average molecular weight is 494 g/mol. The third-order valence-electron chi connectivity index (χ3n) is 7.24. The molecule has 5 rings (SSSR count). The number of aryl methyl sites for hydroxylation is 1. The van der Waals surface area contributed by atoms with Crippen molar-refractivity contribution in [3.8, 4) is 22.0 Å². The van der Waals surface area contributed by atoms with Gasteiger partial charge in [-0.2, -0.15) is 0 Å². The second-order valence-electron chi connectivity index (χ2n) is 9.47. The number of amides is 1. The zero-order chi connectivity index (χ0) is 24.2. The normalized spacial score (nSPS) is 17.2. The van der Waals surface area contributed by atoms with E-state index in [1.807, 2.05) is 12.3 Å². The van der Waals surface area contributed by atoms with Crippen LogP contribution in [-0.2, 0) is 11.2 Å². The van der Waals surface area contributed by atoms with Crippen LogP contribution >= 0.6 is 11.3 Å². The van der Waals surface area contributed by atoms with Crippen LogP contribution < -0.4 is 5.32 Å². The summed E-state index contributed by atoms with van der Waals surface area (Å²) < 4.78 is 7.80. The number of ether oxygens (including phenoxy) is 1. The molecule has 186 valence electrons. The van der Waals surface area contributed by atoms with E-state index in [9.17, 15) is 4.79 Å². The summed E-state index contributed by atoms with van der Waals surface area (Å²) in [5.41, 5.74) is 5.98. The Morgan fingerprint density at radius 1 is 1.23 bits per heavy atom. The van der Waals surface area contributed by atoms with Crippen LogP contribution in [0.1, 0.15) is 60.4 Å². The van der Waals surface area contributed by atoms with Crippen LogP contribution in [0.5, 0.6) is 0 Å². The van der Waals surface area contributed by atoms with E-state index in [0.717, 1.165) is 91.0 Å². The molecule has 8 heteroatoms. The number of nitrogens with one attached hydrogen (secondary N) is 1. The highest BCUT2D eigenvalue weighted by atomic mass is 32.1. The predicted molar refractivity (Wildman–Crippen MR) is 140 cm³/mol. The monoisotopic (exact) mass is 493 g/mol. The molecule has 4 heterocycles. The van der Waals surface area contributed by atoms with Crippen LogP contribution in [0.4, 0.5) is 0 Å². The number of aromatic nitrogens is 3. The maximum atomic E-state index is 13.2. The van der Waals surface area contributed by atoms with Crippen molar-refractivity contribution >= 4 is 17.2 Å². The lowest BCUT2D eigenvalue weighted by Crippen LogP contribution is -2.41. The first kappa shape index (κ1) is 24.2. The molecule has 2 fully saturated rings. The minimum atomic E-state index is 0.00549. The van der Waals surface area contributed by atoms with Gasteiger partial charge < -0.3 is 14.6 Å². The van der Waals surface area contributed by atoms with Crippen LogP contribution in [0.15, 0.2) is 29.8 Å². The molecule has 0 unspecified atom stereocenters. The summed E-state index contributed by atoms with van der Waals surface area (Å²) in [4.78, 5) is 25.0. The second kappa shape index (κ2) is 11.0. The third-order valence-corrected chi connectivity index (χ3v) is 8.13. The van der Waals surface area contributed by atoms with E-state index < -0.39 is 0 Å². The number of hydrogen-bond acceptors (Lipinski definition) is 6. The molecular formula is C27H35N5O2S. The first-order valence-electron chi connectivity index (χ1n) is 12.9. The van der Waals surface area contributed by atoms with E-state index in [-0.39, 0.29) is 5.91 Å². The number of thiazole rings is 1. The Hall–Kier alpha value is -2.55. The molecule has 1 aliphatic carbocycles. The van der Waals surface area contributed by atoms with Gasteiger partial charge in [0.1, 0.15) is 5.01 Å². The molecular weight excluding hydrogens is 458 g/mol. The van der Waals surface area contributed by atoms with Gasteiger partial charge in [0.2, 0.25) is 0 Å². The van der Waals surface area contributed by atoms with Crippen LogP contribution in [0.3, 0.4) is 0 Å². The largest absolute Gasteiger partial charge is 0.379 e. The lowest BCUT2D eigenvalue weighted by atomic mass is 10.2. The highest BCUT2D eigenvalue weighted by molar-refractivity contribution is 7.13. The number of rotatable bonds is 8. The minimum absolute atomic E-state index is 0.00549. The van der Waals surface area contributed by atoms with Gasteiger partial charge in [-0.25, -0.2) is 4.98 Å². The number of carbonyl (C=O) groups excluding carboxylic acids is 1. The summed E-state index contributed by atoms with van der Waals surface area (Å²) in [6.07, 6.45) is 7.55. The zero-order valence-electron chi connectivity index (χ0n) is 20.8. The third kappa shape index (κ3) is 5.34. The molecule has 2 aliphatic rings. The maximum absolute atomic E-state index is 13.2. The molecule has 1 saturated carbocycles. The van der Waals surface area contributed by atoms with Crippen molar-refractivity contribution in [1.82, 2.24) is 24.8 Å². The van der Waals surface area contributed by atoms with Crippen molar-refractivity contribution in [2.24, 2.45) is 0 Å². The SMILES string of the molecule is CCc1cc(-c2nc(-c3cc(C(=O)NCCN4CCOCC4)c(C)n3C3CCCC3)cs2)ccn1. The van der Waals surface area contributed by atoms with E-state index in [4.69, 9.17) is 9.72 Å². The van der Waals surface area contributed by atoms with Crippen molar-refractivity contribution in [2.75, 3.05) is 39.4 Å². The number of carbonyl (C=O) groups is 1. The molecule has 35 heavy (non-hydrogen) atoms. The van der Waals surface area contributed by atoms with Crippen molar-refractivity contribution in [3.63, 3.8) is 0 Å². The fraction of sp³-hybridized carbons (Fsp3) is 0.519. The summed E-state index contributed by atoms with van der Waals surface area (Å²) in [7, 11) is 0. The van der Waals surface area contributed by atoms with Crippen molar-refractivity contribution < 1.29 is 9.53 Å². The molecule has 1 N–H and O–H groups in total. The molecule has 0 aromatic carbocycles. The van der Waals surface area contributed by atoms with Crippen molar-refractivity contribution in [1.29, 1.82) is 0 Å². The maximum Gasteiger partial charge on any atom is 0.253 e. The molecule has 0 atom stereocenters. The van der Waals surface area contributed by atoms with Gasteiger partial charge in [0.25, 0.3) is 5.91 Å². The van der Waals surface area contributed by atoms with E-state index >= 15 is 0 Å². The van der Waals surface area contributed by atoms with Gasteiger partial charge in [-0.1, -0.05) is 19.8 Å². The van der Waals surface area contributed by atoms with Gasteiger partial charge in [0.05, 0.1) is 30.2 Å². The van der Waals surface area contributed by atoms with Crippen LogP contribution in [0.2, 0.25) is 0 Å². The fourth-order valence-electron chi connectivity index (χ4n) is 5.26. The van der Waals surface area contributed by atoms with E-state index in [1.54, 1.807) is 11.3 Å². The predicted octanol–water partition coefficient (Wildman–Crippen LogP) is 4.72. The van der Waals surface area contributed by atoms with Gasteiger partial charge >= 0.3 is 0 Å². The standard InChI is InChI=1S/C27H35N5O2S/c1-3-21-16-20(8-9-28-21)27-30-24(18-35-27)25-17-23(19(2)32(25)22-6-4-5-7-22)26(33)29-10-11-31-12-14-34-15-13-31/h8-9,16-18,22H,3-7,10-15H2,1-2H3,(H,29,33). The van der Waals surface area contributed by atoms with Gasteiger partial charge in [-0.05, 0) is 44.4 Å². The molecule has 1 aliphatic heterocycles. The summed E-state index contributed by atoms with van der Waals surface area (Å²) in [5.74, 6) is 0.00549. The molecule has 0 spiro atoms. The molecule has 1 amide bonds. The van der Waals surface area contributed by atoms with E-state index in [1.165, 1.54) is 12.8 Å². The smallest absolute Gasteiger partial charge is 0.253 e. The molecule has 7 nitrogen and oxygen atoms in total. The lowest BCUT2D eigenvalue weighted by Gasteiger charge is -2.26. The van der Waals surface area contributed by atoms with Crippen molar-refractivity contribution in [3.05, 3.63) is 46.7 Å². The highest BCUT2D eigenvalue weighted by Crippen LogP contribution is 2.38. The topological polar surface area (TPSA) is 72.3 Å². The average Bonchev–Trinajstić information content (AvgIpc) is 3.65. The zero-order valence-corrected chi connectivity index (χ0v) is 21.6. The fourth-order valence-corrected chi connectivity index (χ4v) is 6.07. The van der Waals surface area contributed by atoms with E-state index in [0.29, 0.717) is 12.6 Å².